The van der Waals surface area contributed by atoms with Gasteiger partial charge in [0, 0.05) is 11.3 Å². The molecule has 4 nitrogen and oxygen atoms in total. The third-order valence-corrected chi connectivity index (χ3v) is 4.54. The molecule has 2 amide bonds. The van der Waals surface area contributed by atoms with Crippen LogP contribution in [0.4, 0.5) is 5.69 Å². The molecule has 0 aromatic heterocycles. The average Bonchev–Trinajstić information content (AvgIpc) is 2.61. The summed E-state index contributed by atoms with van der Waals surface area (Å²) in [6.07, 6.45) is 0.833. The van der Waals surface area contributed by atoms with E-state index in [2.05, 4.69) is 17.6 Å². The van der Waals surface area contributed by atoms with Crippen LogP contribution in [-0.4, -0.2) is 17.9 Å². The van der Waals surface area contributed by atoms with Crippen molar-refractivity contribution in [2.24, 2.45) is 5.92 Å². The first kappa shape index (κ1) is 19.7. The summed E-state index contributed by atoms with van der Waals surface area (Å²) >= 11 is 0. The van der Waals surface area contributed by atoms with E-state index < -0.39 is 6.04 Å². The summed E-state index contributed by atoms with van der Waals surface area (Å²) in [6, 6.07) is 12.7. The normalized spacial score (nSPS) is 11.9. The minimum absolute atomic E-state index is 0.0292. The zero-order valence-electron chi connectivity index (χ0n) is 16.2. The molecule has 4 heteroatoms. The zero-order chi connectivity index (χ0) is 19.3. The third kappa shape index (κ3) is 4.72. The van der Waals surface area contributed by atoms with Crippen LogP contribution in [0.15, 0.2) is 42.5 Å². The minimum Gasteiger partial charge on any atom is -0.340 e. The molecule has 0 heterocycles. The first-order valence-corrected chi connectivity index (χ1v) is 9.10. The van der Waals surface area contributed by atoms with Crippen LogP contribution in [0.3, 0.4) is 0 Å². The maximum Gasteiger partial charge on any atom is 0.251 e. The molecule has 0 aliphatic heterocycles. The van der Waals surface area contributed by atoms with Gasteiger partial charge in [0.1, 0.15) is 6.04 Å². The third-order valence-electron chi connectivity index (χ3n) is 4.54. The van der Waals surface area contributed by atoms with Gasteiger partial charge in [0.05, 0.1) is 0 Å². The summed E-state index contributed by atoms with van der Waals surface area (Å²) in [5, 5.41) is 5.90. The summed E-state index contributed by atoms with van der Waals surface area (Å²) in [5.41, 5.74) is 4.59. The van der Waals surface area contributed by atoms with E-state index in [1.165, 1.54) is 0 Å². The number of hydrogen-bond donors (Lipinski definition) is 2. The van der Waals surface area contributed by atoms with Crippen LogP contribution in [0.25, 0.3) is 0 Å². The van der Waals surface area contributed by atoms with Crippen molar-refractivity contribution < 1.29 is 9.59 Å². The summed E-state index contributed by atoms with van der Waals surface area (Å²) in [4.78, 5) is 25.4. The van der Waals surface area contributed by atoms with Crippen LogP contribution in [0.5, 0.6) is 0 Å². The summed E-state index contributed by atoms with van der Waals surface area (Å²) in [6.45, 7) is 9.86. The number of amides is 2. The van der Waals surface area contributed by atoms with Gasteiger partial charge in [-0.1, -0.05) is 56.7 Å². The van der Waals surface area contributed by atoms with Gasteiger partial charge in [0.15, 0.2) is 0 Å². The Balaban J connectivity index is 2.18. The van der Waals surface area contributed by atoms with Gasteiger partial charge in [-0.05, 0) is 49.4 Å². The molecular formula is C22H28N2O2. The Hall–Kier alpha value is -2.62. The van der Waals surface area contributed by atoms with Gasteiger partial charge in [-0.3, -0.25) is 9.59 Å². The number of hydrogen-bond acceptors (Lipinski definition) is 2. The fourth-order valence-corrected chi connectivity index (χ4v) is 2.87. The predicted molar refractivity (Wildman–Crippen MR) is 106 cm³/mol. The largest absolute Gasteiger partial charge is 0.340 e. The van der Waals surface area contributed by atoms with Crippen LogP contribution in [0, 0.1) is 19.8 Å². The van der Waals surface area contributed by atoms with Gasteiger partial charge in [-0.15, -0.1) is 0 Å². The van der Waals surface area contributed by atoms with Gasteiger partial charge in [-0.2, -0.15) is 0 Å². The van der Waals surface area contributed by atoms with Crippen LogP contribution >= 0.6 is 0 Å². The number of carbonyl (C=O) groups excluding carboxylic acids is 2. The molecule has 0 spiro atoms. The highest BCUT2D eigenvalue weighted by molar-refractivity contribution is 6.01. The van der Waals surface area contributed by atoms with E-state index in [9.17, 15) is 9.59 Å². The molecule has 0 saturated heterocycles. The van der Waals surface area contributed by atoms with E-state index in [0.29, 0.717) is 5.56 Å². The Kier molecular flexibility index (Phi) is 6.56. The first-order chi connectivity index (χ1) is 12.3. The van der Waals surface area contributed by atoms with Crippen molar-refractivity contribution in [1.82, 2.24) is 5.32 Å². The fraction of sp³-hybridized carbons (Fsp3) is 0.364. The van der Waals surface area contributed by atoms with Gasteiger partial charge >= 0.3 is 0 Å². The molecule has 2 aromatic rings. The second kappa shape index (κ2) is 8.65. The molecule has 138 valence electrons. The lowest BCUT2D eigenvalue weighted by molar-refractivity contribution is -0.118. The SMILES string of the molecule is CCc1cccc(C)c1NC(=O)[C@H](NC(=O)c1ccc(C)cc1)C(C)C. The lowest BCUT2D eigenvalue weighted by atomic mass is 10.0. The van der Waals surface area contributed by atoms with E-state index in [1.54, 1.807) is 12.1 Å². The first-order valence-electron chi connectivity index (χ1n) is 9.10. The summed E-state index contributed by atoms with van der Waals surface area (Å²) in [5.74, 6) is -0.456. The molecule has 2 aromatic carbocycles. The van der Waals surface area contributed by atoms with Crippen LogP contribution in [0.1, 0.15) is 47.8 Å². The van der Waals surface area contributed by atoms with Crippen LogP contribution in [0.2, 0.25) is 0 Å². The molecular weight excluding hydrogens is 324 g/mol. The van der Waals surface area contributed by atoms with Gasteiger partial charge in [0.25, 0.3) is 5.91 Å². The van der Waals surface area contributed by atoms with E-state index in [4.69, 9.17) is 0 Å². The second-order valence-electron chi connectivity index (χ2n) is 7.01. The molecule has 0 radical (unpaired) electrons. The Morgan fingerprint density at radius 1 is 1.00 bits per heavy atom. The Bertz CT molecular complexity index is 779. The van der Waals surface area contributed by atoms with Gasteiger partial charge < -0.3 is 10.6 Å². The topological polar surface area (TPSA) is 58.2 Å². The lowest BCUT2D eigenvalue weighted by Gasteiger charge is -2.23. The highest BCUT2D eigenvalue weighted by atomic mass is 16.2. The average molecular weight is 352 g/mol. The molecule has 0 saturated carbocycles. The minimum atomic E-state index is -0.604. The predicted octanol–water partition coefficient (Wildman–Crippen LogP) is 4.26. The molecule has 0 aliphatic carbocycles. The number of aryl methyl sites for hydroxylation is 3. The van der Waals surface area contributed by atoms with E-state index in [1.807, 2.05) is 58.0 Å². The number of anilines is 1. The van der Waals surface area contributed by atoms with Crippen molar-refractivity contribution in [2.75, 3.05) is 5.32 Å². The Morgan fingerprint density at radius 2 is 1.65 bits per heavy atom. The van der Waals surface area contributed by atoms with E-state index in [-0.39, 0.29) is 17.7 Å². The molecule has 2 rings (SSSR count). The van der Waals surface area contributed by atoms with Crippen molar-refractivity contribution in [3.05, 3.63) is 64.7 Å². The number of benzene rings is 2. The van der Waals surface area contributed by atoms with Gasteiger partial charge in [-0.25, -0.2) is 0 Å². The molecule has 2 N–H and O–H groups in total. The lowest BCUT2D eigenvalue weighted by Crippen LogP contribution is -2.47. The van der Waals surface area contributed by atoms with E-state index in [0.717, 1.165) is 28.8 Å². The number of rotatable bonds is 6. The van der Waals surface area contributed by atoms with Crippen LogP contribution in [-0.2, 0) is 11.2 Å². The monoisotopic (exact) mass is 352 g/mol. The summed E-state index contributed by atoms with van der Waals surface area (Å²) < 4.78 is 0. The van der Waals surface area contributed by atoms with Crippen molar-refractivity contribution in [2.45, 2.75) is 47.1 Å². The Labute approximate surface area is 156 Å². The van der Waals surface area contributed by atoms with Crippen molar-refractivity contribution in [3.63, 3.8) is 0 Å². The quantitative estimate of drug-likeness (QED) is 0.816. The second-order valence-corrected chi connectivity index (χ2v) is 7.01. The molecule has 1 atom stereocenters. The zero-order valence-corrected chi connectivity index (χ0v) is 16.2. The maximum absolute atomic E-state index is 12.9. The molecule has 26 heavy (non-hydrogen) atoms. The summed E-state index contributed by atoms with van der Waals surface area (Å²) in [7, 11) is 0. The van der Waals surface area contributed by atoms with Crippen molar-refractivity contribution in [1.29, 1.82) is 0 Å². The maximum atomic E-state index is 12.9. The number of carbonyl (C=O) groups is 2. The molecule has 0 fully saturated rings. The number of nitrogens with one attached hydrogen (secondary N) is 2. The molecule has 0 unspecified atom stereocenters. The highest BCUT2D eigenvalue weighted by Crippen LogP contribution is 2.22. The number of para-hydroxylation sites is 1. The fourth-order valence-electron chi connectivity index (χ4n) is 2.87. The van der Waals surface area contributed by atoms with E-state index >= 15 is 0 Å². The molecule has 0 bridgehead atoms. The van der Waals surface area contributed by atoms with Crippen molar-refractivity contribution >= 4 is 17.5 Å². The van der Waals surface area contributed by atoms with Gasteiger partial charge in [0.2, 0.25) is 5.91 Å². The highest BCUT2D eigenvalue weighted by Gasteiger charge is 2.25. The smallest absolute Gasteiger partial charge is 0.251 e. The Morgan fingerprint density at radius 3 is 2.23 bits per heavy atom. The molecule has 0 aliphatic rings. The van der Waals surface area contributed by atoms with Crippen LogP contribution < -0.4 is 10.6 Å². The standard InChI is InChI=1S/C22H28N2O2/c1-6-17-9-7-8-16(5)20(17)24-22(26)19(14(2)3)23-21(25)18-12-10-15(4)11-13-18/h7-14,19H,6H2,1-5H3,(H,23,25)(H,24,26)/t19-/m1/s1. The van der Waals surface area contributed by atoms with Crippen molar-refractivity contribution in [3.8, 4) is 0 Å².